The average molecular weight is 273 g/mol. The van der Waals surface area contributed by atoms with E-state index in [0.29, 0.717) is 6.10 Å². The van der Waals surface area contributed by atoms with Gasteiger partial charge in [0.15, 0.2) is 8.32 Å². The highest BCUT2D eigenvalue weighted by molar-refractivity contribution is 6.69. The molecule has 0 rings (SSSR count). The van der Waals surface area contributed by atoms with Gasteiger partial charge >= 0.3 is 0 Å². The summed E-state index contributed by atoms with van der Waals surface area (Å²) in [5.41, 5.74) is 0. The van der Waals surface area contributed by atoms with Crippen molar-refractivity contribution in [1.82, 2.24) is 0 Å². The molecule has 0 saturated carbocycles. The lowest BCUT2D eigenvalue weighted by Crippen LogP contribution is -2.32. The van der Waals surface area contributed by atoms with Crippen molar-refractivity contribution in [2.24, 2.45) is 0 Å². The third-order valence-electron chi connectivity index (χ3n) is 3.28. The van der Waals surface area contributed by atoms with Crippen LogP contribution in [0.2, 0.25) is 19.6 Å². The van der Waals surface area contributed by atoms with Crippen molar-refractivity contribution >= 4 is 8.32 Å². The van der Waals surface area contributed by atoms with Crippen LogP contribution in [0.5, 0.6) is 0 Å². The van der Waals surface area contributed by atoms with Crippen molar-refractivity contribution in [3.8, 4) is 0 Å². The molecule has 0 amide bonds. The maximum absolute atomic E-state index is 6.34. The van der Waals surface area contributed by atoms with Crippen LogP contribution in [0.4, 0.5) is 0 Å². The van der Waals surface area contributed by atoms with Crippen LogP contribution >= 0.6 is 0 Å². The van der Waals surface area contributed by atoms with Gasteiger partial charge in [-0.25, -0.2) is 0 Å². The van der Waals surface area contributed by atoms with Crippen LogP contribution in [0, 0.1) is 0 Å². The SMILES string of the molecule is CCCCCCC(CCCCCC)O[Si](C)(C)C. The molecule has 0 fully saturated rings. The Hall–Kier alpha value is 0.177. The summed E-state index contributed by atoms with van der Waals surface area (Å²) in [5, 5.41) is 0. The molecule has 0 radical (unpaired) electrons. The summed E-state index contributed by atoms with van der Waals surface area (Å²) in [6.07, 6.45) is 14.0. The van der Waals surface area contributed by atoms with Crippen molar-refractivity contribution in [3.05, 3.63) is 0 Å². The Morgan fingerprint density at radius 3 is 1.50 bits per heavy atom. The average Bonchev–Trinajstić information content (AvgIpc) is 2.28. The van der Waals surface area contributed by atoms with E-state index in [2.05, 4.69) is 33.5 Å². The van der Waals surface area contributed by atoms with Crippen molar-refractivity contribution in [2.75, 3.05) is 0 Å². The largest absolute Gasteiger partial charge is 0.415 e. The highest BCUT2D eigenvalue weighted by atomic mass is 28.4. The molecule has 0 saturated heterocycles. The fraction of sp³-hybridized carbons (Fsp3) is 1.00. The van der Waals surface area contributed by atoms with Crippen molar-refractivity contribution in [1.29, 1.82) is 0 Å². The van der Waals surface area contributed by atoms with Crippen LogP contribution in [0.1, 0.15) is 78.1 Å². The quantitative estimate of drug-likeness (QED) is 0.306. The van der Waals surface area contributed by atoms with Crippen molar-refractivity contribution < 1.29 is 4.43 Å². The standard InChI is InChI=1S/C16H36OSi/c1-6-8-10-12-14-16(17-18(3,4)5)15-13-11-9-7-2/h16H,6-15H2,1-5H3. The lowest BCUT2D eigenvalue weighted by Gasteiger charge is -2.26. The Balaban J connectivity index is 3.85. The second-order valence-corrected chi connectivity index (χ2v) is 11.0. The molecule has 110 valence electrons. The Morgan fingerprint density at radius 1 is 0.722 bits per heavy atom. The van der Waals surface area contributed by atoms with E-state index in [-0.39, 0.29) is 0 Å². The second kappa shape index (κ2) is 11.0. The molecule has 0 aromatic carbocycles. The molecule has 0 atom stereocenters. The molecular formula is C16H36OSi. The van der Waals surface area contributed by atoms with Gasteiger partial charge in [0.1, 0.15) is 0 Å². The zero-order valence-electron chi connectivity index (χ0n) is 13.6. The van der Waals surface area contributed by atoms with E-state index >= 15 is 0 Å². The van der Waals surface area contributed by atoms with Crippen molar-refractivity contribution in [2.45, 2.75) is 104 Å². The predicted molar refractivity (Wildman–Crippen MR) is 85.7 cm³/mol. The molecule has 0 aromatic rings. The van der Waals surface area contributed by atoms with Crippen LogP contribution in [-0.2, 0) is 4.43 Å². The van der Waals surface area contributed by atoms with Gasteiger partial charge in [-0.1, -0.05) is 65.2 Å². The maximum Gasteiger partial charge on any atom is 0.184 e. The molecule has 0 spiro atoms. The smallest absolute Gasteiger partial charge is 0.184 e. The zero-order chi connectivity index (χ0) is 13.9. The first-order chi connectivity index (χ1) is 8.49. The van der Waals surface area contributed by atoms with E-state index in [1.165, 1.54) is 64.2 Å². The summed E-state index contributed by atoms with van der Waals surface area (Å²) in [5.74, 6) is 0. The van der Waals surface area contributed by atoms with Crippen LogP contribution in [0.3, 0.4) is 0 Å². The zero-order valence-corrected chi connectivity index (χ0v) is 14.6. The Kier molecular flexibility index (Phi) is 11.1. The lowest BCUT2D eigenvalue weighted by atomic mass is 10.0. The van der Waals surface area contributed by atoms with Gasteiger partial charge < -0.3 is 4.43 Å². The molecule has 0 aromatic heterocycles. The van der Waals surface area contributed by atoms with E-state index in [0.717, 1.165) is 0 Å². The molecule has 2 heteroatoms. The van der Waals surface area contributed by atoms with E-state index in [1.807, 2.05) is 0 Å². The third kappa shape index (κ3) is 12.6. The minimum absolute atomic E-state index is 0.547. The van der Waals surface area contributed by atoms with Crippen LogP contribution < -0.4 is 0 Å². The van der Waals surface area contributed by atoms with Crippen LogP contribution in [-0.4, -0.2) is 14.4 Å². The summed E-state index contributed by atoms with van der Waals surface area (Å²) >= 11 is 0. The summed E-state index contributed by atoms with van der Waals surface area (Å²) in [4.78, 5) is 0. The van der Waals surface area contributed by atoms with Crippen molar-refractivity contribution in [3.63, 3.8) is 0 Å². The van der Waals surface area contributed by atoms with Gasteiger partial charge in [-0.15, -0.1) is 0 Å². The molecule has 1 nitrogen and oxygen atoms in total. The number of hydrogen-bond acceptors (Lipinski definition) is 1. The highest BCUT2D eigenvalue weighted by Gasteiger charge is 2.20. The number of rotatable bonds is 12. The van der Waals surface area contributed by atoms with Crippen LogP contribution in [0.15, 0.2) is 0 Å². The molecule has 0 bridgehead atoms. The van der Waals surface area contributed by atoms with E-state index in [9.17, 15) is 0 Å². The Morgan fingerprint density at radius 2 is 1.17 bits per heavy atom. The topological polar surface area (TPSA) is 9.23 Å². The second-order valence-electron chi connectivity index (χ2n) is 6.55. The van der Waals surface area contributed by atoms with Gasteiger partial charge in [-0.05, 0) is 32.5 Å². The molecule has 0 heterocycles. The lowest BCUT2D eigenvalue weighted by molar-refractivity contribution is 0.165. The highest BCUT2D eigenvalue weighted by Crippen LogP contribution is 2.19. The van der Waals surface area contributed by atoms with Gasteiger partial charge in [0, 0.05) is 6.10 Å². The first kappa shape index (κ1) is 18.2. The molecule has 0 aliphatic carbocycles. The van der Waals surface area contributed by atoms with Gasteiger partial charge in [-0.3, -0.25) is 0 Å². The van der Waals surface area contributed by atoms with Gasteiger partial charge in [0.2, 0.25) is 0 Å². The maximum atomic E-state index is 6.34. The molecule has 18 heavy (non-hydrogen) atoms. The number of hydrogen-bond donors (Lipinski definition) is 0. The fourth-order valence-electron chi connectivity index (χ4n) is 2.36. The predicted octanol–water partition coefficient (Wildman–Crippen LogP) is 6.15. The monoisotopic (exact) mass is 272 g/mol. The van der Waals surface area contributed by atoms with E-state index in [4.69, 9.17) is 4.43 Å². The minimum Gasteiger partial charge on any atom is -0.415 e. The molecular weight excluding hydrogens is 236 g/mol. The van der Waals surface area contributed by atoms with Gasteiger partial charge in [0.25, 0.3) is 0 Å². The van der Waals surface area contributed by atoms with Crippen LogP contribution in [0.25, 0.3) is 0 Å². The summed E-state index contributed by atoms with van der Waals surface area (Å²) < 4.78 is 6.34. The van der Waals surface area contributed by atoms with E-state index < -0.39 is 8.32 Å². The normalized spacial score (nSPS) is 12.3. The first-order valence-corrected chi connectivity index (χ1v) is 11.6. The molecule has 0 N–H and O–H groups in total. The van der Waals surface area contributed by atoms with E-state index in [1.54, 1.807) is 0 Å². The summed E-state index contributed by atoms with van der Waals surface area (Å²) in [6, 6.07) is 0. The summed E-state index contributed by atoms with van der Waals surface area (Å²) in [7, 11) is -1.36. The first-order valence-electron chi connectivity index (χ1n) is 8.17. The fourth-order valence-corrected chi connectivity index (χ4v) is 3.60. The Bertz CT molecular complexity index is 162. The van der Waals surface area contributed by atoms with Gasteiger partial charge in [-0.2, -0.15) is 0 Å². The minimum atomic E-state index is -1.36. The third-order valence-corrected chi connectivity index (χ3v) is 4.32. The molecule has 0 unspecified atom stereocenters. The summed E-state index contributed by atoms with van der Waals surface area (Å²) in [6.45, 7) is 11.5. The molecule has 0 aliphatic rings. The number of unbranched alkanes of at least 4 members (excludes halogenated alkanes) is 6. The van der Waals surface area contributed by atoms with Gasteiger partial charge in [0.05, 0.1) is 0 Å². The molecule has 0 aliphatic heterocycles. The Labute approximate surface area is 117 Å².